The summed E-state index contributed by atoms with van der Waals surface area (Å²) in [5, 5.41) is 19.6. The van der Waals surface area contributed by atoms with Crippen LogP contribution in [0.3, 0.4) is 0 Å². The monoisotopic (exact) mass is 406 g/mol. The van der Waals surface area contributed by atoms with Gasteiger partial charge in [-0.3, -0.25) is 4.79 Å². The fourth-order valence-corrected chi connectivity index (χ4v) is 3.11. The largest absolute Gasteiger partial charge is 0.508 e. The van der Waals surface area contributed by atoms with Crippen molar-refractivity contribution in [2.75, 3.05) is 6.61 Å². The maximum atomic E-state index is 12.8. The molecular weight excluding hydrogens is 380 g/mol. The molecule has 0 spiro atoms. The summed E-state index contributed by atoms with van der Waals surface area (Å²) >= 11 is 0. The number of phenols is 2. The Hall–Kier alpha value is -3.47. The van der Waals surface area contributed by atoms with E-state index in [4.69, 9.17) is 9.15 Å². The third kappa shape index (κ3) is 5.11. The average molecular weight is 406 g/mol. The third-order valence-corrected chi connectivity index (χ3v) is 4.69. The van der Waals surface area contributed by atoms with E-state index in [0.29, 0.717) is 23.5 Å². The second kappa shape index (κ2) is 9.35. The number of benzene rings is 2. The first-order valence-electron chi connectivity index (χ1n) is 9.85. The lowest BCUT2D eigenvalue weighted by Crippen LogP contribution is -2.05. The number of fused-ring (bicyclic) bond motifs is 1. The van der Waals surface area contributed by atoms with Crippen LogP contribution in [0.5, 0.6) is 17.2 Å². The van der Waals surface area contributed by atoms with Crippen LogP contribution in [-0.4, -0.2) is 16.8 Å². The highest BCUT2D eigenvalue weighted by atomic mass is 16.5. The molecule has 0 aliphatic carbocycles. The van der Waals surface area contributed by atoms with Gasteiger partial charge in [0.15, 0.2) is 0 Å². The first-order chi connectivity index (χ1) is 14.3. The van der Waals surface area contributed by atoms with E-state index in [9.17, 15) is 15.0 Å². The van der Waals surface area contributed by atoms with Crippen molar-refractivity contribution in [2.45, 2.75) is 33.6 Å². The topological polar surface area (TPSA) is 79.9 Å². The Labute approximate surface area is 175 Å². The van der Waals surface area contributed by atoms with Gasteiger partial charge in [-0.1, -0.05) is 29.9 Å². The van der Waals surface area contributed by atoms with Gasteiger partial charge in [0.05, 0.1) is 5.56 Å². The van der Waals surface area contributed by atoms with Crippen LogP contribution >= 0.6 is 0 Å². The van der Waals surface area contributed by atoms with Crippen LogP contribution in [0.25, 0.3) is 22.1 Å². The predicted molar refractivity (Wildman–Crippen MR) is 119 cm³/mol. The van der Waals surface area contributed by atoms with Gasteiger partial charge in [-0.05, 0) is 56.9 Å². The van der Waals surface area contributed by atoms with E-state index in [1.54, 1.807) is 24.3 Å². The predicted octanol–water partition coefficient (Wildman–Crippen LogP) is 5.94. The molecule has 5 nitrogen and oxygen atoms in total. The Morgan fingerprint density at radius 2 is 1.73 bits per heavy atom. The van der Waals surface area contributed by atoms with E-state index in [2.05, 4.69) is 26.0 Å². The minimum absolute atomic E-state index is 0.0412. The Balaban J connectivity index is 1.72. The Morgan fingerprint density at radius 1 is 1.03 bits per heavy atom. The van der Waals surface area contributed by atoms with Crippen molar-refractivity contribution in [1.29, 1.82) is 0 Å². The molecule has 0 aliphatic heterocycles. The fraction of sp³-hybridized carbons (Fsp3) is 0.240. The van der Waals surface area contributed by atoms with Crippen molar-refractivity contribution < 1.29 is 19.4 Å². The summed E-state index contributed by atoms with van der Waals surface area (Å²) in [5.74, 6) is 0.222. The van der Waals surface area contributed by atoms with E-state index in [0.717, 1.165) is 24.5 Å². The zero-order chi connectivity index (χ0) is 21.7. The van der Waals surface area contributed by atoms with E-state index in [-0.39, 0.29) is 27.9 Å². The van der Waals surface area contributed by atoms with Crippen molar-refractivity contribution in [1.82, 2.24) is 0 Å². The fourth-order valence-electron chi connectivity index (χ4n) is 3.11. The summed E-state index contributed by atoms with van der Waals surface area (Å²) in [4.78, 5) is 12.8. The molecule has 2 N–H and O–H groups in total. The van der Waals surface area contributed by atoms with E-state index in [1.165, 1.54) is 17.9 Å². The van der Waals surface area contributed by atoms with Crippen molar-refractivity contribution in [3.63, 3.8) is 0 Å². The van der Waals surface area contributed by atoms with Gasteiger partial charge in [0.1, 0.15) is 41.1 Å². The Bertz CT molecular complexity index is 1150. The van der Waals surface area contributed by atoms with Crippen molar-refractivity contribution in [3.05, 3.63) is 76.2 Å². The molecule has 0 radical (unpaired) electrons. The summed E-state index contributed by atoms with van der Waals surface area (Å²) in [6.07, 6.45) is 7.74. The van der Waals surface area contributed by atoms with Gasteiger partial charge in [0.25, 0.3) is 0 Å². The first-order valence-corrected chi connectivity index (χ1v) is 9.85. The molecule has 0 saturated carbocycles. The molecule has 5 heteroatoms. The van der Waals surface area contributed by atoms with E-state index < -0.39 is 0 Å². The molecular formula is C25H26O5. The second-order valence-electron chi connectivity index (χ2n) is 7.54. The standard InChI is InChI=1S/C25H26O5/c1-16(2)6-4-5-7-17(3)14-29-20-10-8-18(9-11-20)21-15-30-23-13-19(26)12-22(27)24(23)25(21)28/h6-13,15,26-27H,4-5,14H2,1-3H3. The molecule has 2 aromatic carbocycles. The number of hydrogen-bond donors (Lipinski definition) is 2. The molecule has 0 bridgehead atoms. The lowest BCUT2D eigenvalue weighted by atomic mass is 10.0. The molecule has 30 heavy (non-hydrogen) atoms. The zero-order valence-electron chi connectivity index (χ0n) is 17.4. The second-order valence-corrected chi connectivity index (χ2v) is 7.54. The molecule has 1 aromatic heterocycles. The average Bonchev–Trinajstić information content (AvgIpc) is 2.70. The zero-order valence-corrected chi connectivity index (χ0v) is 17.4. The minimum Gasteiger partial charge on any atom is -0.508 e. The summed E-state index contributed by atoms with van der Waals surface area (Å²) in [7, 11) is 0. The van der Waals surface area contributed by atoms with E-state index in [1.807, 2.05) is 6.92 Å². The van der Waals surface area contributed by atoms with Crippen molar-refractivity contribution in [2.24, 2.45) is 0 Å². The molecule has 0 saturated heterocycles. The van der Waals surface area contributed by atoms with Crippen LogP contribution in [0.2, 0.25) is 0 Å². The van der Waals surface area contributed by atoms with Gasteiger partial charge in [0, 0.05) is 12.1 Å². The van der Waals surface area contributed by atoms with Crippen LogP contribution in [-0.2, 0) is 0 Å². The summed E-state index contributed by atoms with van der Waals surface area (Å²) in [5.41, 5.74) is 3.23. The highest BCUT2D eigenvalue weighted by molar-refractivity contribution is 5.88. The maximum Gasteiger partial charge on any atom is 0.204 e. The van der Waals surface area contributed by atoms with Gasteiger partial charge >= 0.3 is 0 Å². The van der Waals surface area contributed by atoms with Gasteiger partial charge in [-0.15, -0.1) is 0 Å². The van der Waals surface area contributed by atoms with Crippen molar-refractivity contribution >= 4 is 11.0 Å². The van der Waals surface area contributed by atoms with Crippen LogP contribution in [0, 0.1) is 0 Å². The molecule has 156 valence electrons. The van der Waals surface area contributed by atoms with Crippen LogP contribution in [0.4, 0.5) is 0 Å². The van der Waals surface area contributed by atoms with Gasteiger partial charge in [-0.25, -0.2) is 0 Å². The highest BCUT2D eigenvalue weighted by Crippen LogP contribution is 2.30. The number of hydrogen-bond acceptors (Lipinski definition) is 5. The number of allylic oxidation sites excluding steroid dienone is 3. The first kappa shape index (κ1) is 21.2. The number of rotatable bonds is 7. The number of phenolic OH excluding ortho intramolecular Hbond substituents is 2. The molecule has 0 unspecified atom stereocenters. The summed E-state index contributed by atoms with van der Waals surface area (Å²) in [6, 6.07) is 9.57. The minimum atomic E-state index is -0.363. The molecule has 3 rings (SSSR count). The highest BCUT2D eigenvalue weighted by Gasteiger charge is 2.14. The maximum absolute atomic E-state index is 12.8. The lowest BCUT2D eigenvalue weighted by molar-refractivity contribution is 0.351. The molecule has 0 atom stereocenters. The van der Waals surface area contributed by atoms with Crippen molar-refractivity contribution in [3.8, 4) is 28.4 Å². The molecule has 0 amide bonds. The summed E-state index contributed by atoms with van der Waals surface area (Å²) in [6.45, 7) is 6.74. The molecule has 1 heterocycles. The quantitative estimate of drug-likeness (QED) is 0.375. The molecule has 3 aromatic rings. The molecule has 0 fully saturated rings. The molecule has 0 aliphatic rings. The lowest BCUT2D eigenvalue weighted by Gasteiger charge is -2.08. The Morgan fingerprint density at radius 3 is 2.43 bits per heavy atom. The third-order valence-electron chi connectivity index (χ3n) is 4.69. The van der Waals surface area contributed by atoms with Crippen LogP contribution in [0.15, 0.2) is 75.2 Å². The summed E-state index contributed by atoms with van der Waals surface area (Å²) < 4.78 is 11.3. The van der Waals surface area contributed by atoms with Crippen LogP contribution in [0.1, 0.15) is 33.6 Å². The smallest absolute Gasteiger partial charge is 0.204 e. The number of ether oxygens (including phenoxy) is 1. The van der Waals surface area contributed by atoms with E-state index >= 15 is 0 Å². The van der Waals surface area contributed by atoms with Gasteiger partial charge in [-0.2, -0.15) is 0 Å². The van der Waals surface area contributed by atoms with Gasteiger partial charge < -0.3 is 19.4 Å². The number of unbranched alkanes of at least 4 members (excludes halogenated alkanes) is 1. The van der Waals surface area contributed by atoms with Gasteiger partial charge in [0.2, 0.25) is 5.43 Å². The normalized spacial score (nSPS) is 11.5. The Kier molecular flexibility index (Phi) is 6.62. The number of aromatic hydroxyl groups is 2. The van der Waals surface area contributed by atoms with Crippen LogP contribution < -0.4 is 10.2 Å². The SMILES string of the molecule is CC(C)=CCCC=C(C)COc1ccc(-c2coc3cc(O)cc(O)c3c2=O)cc1.